The summed E-state index contributed by atoms with van der Waals surface area (Å²) in [6.45, 7) is 1.05. The number of aromatic nitrogens is 2. The van der Waals surface area contributed by atoms with E-state index < -0.39 is 0 Å². The molecule has 1 aromatic carbocycles. The molecule has 0 aliphatic heterocycles. The maximum Gasteiger partial charge on any atom is 0.264 e. The first-order chi connectivity index (χ1) is 14.8. The van der Waals surface area contributed by atoms with Crippen LogP contribution in [0.4, 0.5) is 0 Å². The molecule has 0 saturated heterocycles. The molecule has 4 heterocycles. The van der Waals surface area contributed by atoms with E-state index in [4.69, 9.17) is 9.40 Å². The maximum absolute atomic E-state index is 13.0. The van der Waals surface area contributed by atoms with Gasteiger partial charge in [-0.1, -0.05) is 36.4 Å². The standard InChI is InChI=1S/C23H19N3O2S2/c27-22(21-9-5-13-29-21)25(14-19-8-4-12-28-19)11-10-18-16-30-23-24-20(15-26(18)23)17-6-2-1-3-7-17/h1-9,12-13,15-16H,10-11,14H2. The Bertz CT molecular complexity index is 1240. The Morgan fingerprint density at radius 3 is 2.73 bits per heavy atom. The molecule has 0 aliphatic rings. The zero-order valence-corrected chi connectivity index (χ0v) is 17.7. The molecule has 0 saturated carbocycles. The van der Waals surface area contributed by atoms with Crippen molar-refractivity contribution in [2.75, 3.05) is 6.54 Å². The lowest BCUT2D eigenvalue weighted by Crippen LogP contribution is -2.32. The van der Waals surface area contributed by atoms with E-state index in [-0.39, 0.29) is 5.91 Å². The SMILES string of the molecule is O=C(c1cccs1)N(CCc1csc2nc(-c3ccccc3)cn12)Cc1ccco1. The number of carbonyl (C=O) groups is 1. The van der Waals surface area contributed by atoms with Crippen molar-refractivity contribution < 1.29 is 9.21 Å². The molecule has 150 valence electrons. The van der Waals surface area contributed by atoms with Crippen molar-refractivity contribution in [3.8, 4) is 11.3 Å². The van der Waals surface area contributed by atoms with E-state index in [1.165, 1.54) is 11.3 Å². The predicted molar refractivity (Wildman–Crippen MR) is 120 cm³/mol. The van der Waals surface area contributed by atoms with E-state index in [0.717, 1.165) is 39.0 Å². The zero-order chi connectivity index (χ0) is 20.3. The molecule has 5 rings (SSSR count). The van der Waals surface area contributed by atoms with Crippen LogP contribution in [0.3, 0.4) is 0 Å². The van der Waals surface area contributed by atoms with Crippen molar-refractivity contribution >= 4 is 33.5 Å². The van der Waals surface area contributed by atoms with Gasteiger partial charge in [0.1, 0.15) is 5.76 Å². The first kappa shape index (κ1) is 18.8. The Balaban J connectivity index is 1.37. The summed E-state index contributed by atoms with van der Waals surface area (Å²) in [5, 5.41) is 4.05. The van der Waals surface area contributed by atoms with E-state index in [2.05, 4.69) is 28.1 Å². The molecule has 5 nitrogen and oxygen atoms in total. The average Bonchev–Trinajstić information content (AvgIpc) is 3.57. The van der Waals surface area contributed by atoms with E-state index in [9.17, 15) is 4.79 Å². The van der Waals surface area contributed by atoms with Gasteiger partial charge in [-0.05, 0) is 23.6 Å². The summed E-state index contributed by atoms with van der Waals surface area (Å²) in [6.07, 6.45) is 4.46. The smallest absolute Gasteiger partial charge is 0.264 e. The van der Waals surface area contributed by atoms with Gasteiger partial charge in [-0.15, -0.1) is 22.7 Å². The normalized spacial score (nSPS) is 11.2. The highest BCUT2D eigenvalue weighted by atomic mass is 32.1. The van der Waals surface area contributed by atoms with Crippen LogP contribution in [-0.4, -0.2) is 26.7 Å². The lowest BCUT2D eigenvalue weighted by atomic mass is 10.2. The highest BCUT2D eigenvalue weighted by Crippen LogP contribution is 2.24. The number of furan rings is 1. The van der Waals surface area contributed by atoms with Gasteiger partial charge >= 0.3 is 0 Å². The third kappa shape index (κ3) is 3.81. The van der Waals surface area contributed by atoms with Crippen LogP contribution in [-0.2, 0) is 13.0 Å². The summed E-state index contributed by atoms with van der Waals surface area (Å²) < 4.78 is 7.62. The Morgan fingerprint density at radius 1 is 1.07 bits per heavy atom. The molecular formula is C23H19N3O2S2. The van der Waals surface area contributed by atoms with Crippen LogP contribution in [0.25, 0.3) is 16.2 Å². The molecule has 0 spiro atoms. The first-order valence-electron chi connectivity index (χ1n) is 9.64. The van der Waals surface area contributed by atoms with Crippen LogP contribution >= 0.6 is 22.7 Å². The molecule has 0 unspecified atom stereocenters. The molecule has 0 aliphatic carbocycles. The van der Waals surface area contributed by atoms with Crippen LogP contribution < -0.4 is 0 Å². The lowest BCUT2D eigenvalue weighted by Gasteiger charge is -2.21. The van der Waals surface area contributed by atoms with Crippen molar-refractivity contribution in [1.82, 2.24) is 14.3 Å². The minimum atomic E-state index is 0.0310. The van der Waals surface area contributed by atoms with Gasteiger partial charge in [-0.2, -0.15) is 0 Å². The highest BCUT2D eigenvalue weighted by Gasteiger charge is 2.19. The molecule has 0 radical (unpaired) electrons. The van der Waals surface area contributed by atoms with E-state index in [0.29, 0.717) is 13.1 Å². The molecule has 0 fully saturated rings. The number of thiophene rings is 1. The number of thiazole rings is 1. The number of benzene rings is 1. The van der Waals surface area contributed by atoms with Gasteiger partial charge in [0.25, 0.3) is 5.91 Å². The summed E-state index contributed by atoms with van der Waals surface area (Å²) in [5.74, 6) is 0.813. The van der Waals surface area contributed by atoms with Gasteiger partial charge in [-0.3, -0.25) is 9.20 Å². The fraction of sp³-hybridized carbons (Fsp3) is 0.130. The van der Waals surface area contributed by atoms with Crippen molar-refractivity contribution in [2.24, 2.45) is 0 Å². The zero-order valence-electron chi connectivity index (χ0n) is 16.1. The number of imidazole rings is 1. The van der Waals surface area contributed by atoms with Crippen molar-refractivity contribution in [2.45, 2.75) is 13.0 Å². The summed E-state index contributed by atoms with van der Waals surface area (Å²) in [4.78, 5) is 21.3. The summed E-state index contributed by atoms with van der Waals surface area (Å²) in [7, 11) is 0. The fourth-order valence-corrected chi connectivity index (χ4v) is 5.00. The number of hydrogen-bond donors (Lipinski definition) is 0. The average molecular weight is 434 g/mol. The number of amides is 1. The molecule has 7 heteroatoms. The second-order valence-corrected chi connectivity index (χ2v) is 8.69. The van der Waals surface area contributed by atoms with E-state index >= 15 is 0 Å². The molecule has 4 aromatic heterocycles. The van der Waals surface area contributed by atoms with Crippen LogP contribution in [0.1, 0.15) is 21.1 Å². The molecule has 30 heavy (non-hydrogen) atoms. The summed E-state index contributed by atoms with van der Waals surface area (Å²) in [5.41, 5.74) is 3.21. The number of nitrogens with zero attached hydrogens (tertiary/aromatic N) is 3. The molecule has 5 aromatic rings. The van der Waals surface area contributed by atoms with Crippen molar-refractivity contribution in [3.63, 3.8) is 0 Å². The third-order valence-electron chi connectivity index (χ3n) is 4.94. The number of hydrogen-bond acceptors (Lipinski definition) is 5. The van der Waals surface area contributed by atoms with Gasteiger partial charge in [0, 0.05) is 35.8 Å². The van der Waals surface area contributed by atoms with Crippen LogP contribution in [0.2, 0.25) is 0 Å². The highest BCUT2D eigenvalue weighted by molar-refractivity contribution is 7.15. The fourth-order valence-electron chi connectivity index (χ4n) is 3.41. The van der Waals surface area contributed by atoms with Crippen LogP contribution in [0.15, 0.2) is 82.2 Å². The minimum absolute atomic E-state index is 0.0310. The Labute approximate surface area is 181 Å². The van der Waals surface area contributed by atoms with Gasteiger partial charge in [-0.25, -0.2) is 4.98 Å². The quantitative estimate of drug-likeness (QED) is 0.336. The van der Waals surface area contributed by atoms with Gasteiger partial charge in [0.2, 0.25) is 0 Å². The molecule has 0 bridgehead atoms. The largest absolute Gasteiger partial charge is 0.467 e. The van der Waals surface area contributed by atoms with Crippen molar-refractivity contribution in [1.29, 1.82) is 0 Å². The second kappa shape index (κ2) is 8.30. The molecule has 0 atom stereocenters. The van der Waals surface area contributed by atoms with E-state index in [1.807, 2.05) is 52.7 Å². The number of carbonyl (C=O) groups excluding carboxylic acids is 1. The summed E-state index contributed by atoms with van der Waals surface area (Å²) in [6, 6.07) is 17.7. The van der Waals surface area contributed by atoms with Gasteiger partial charge in [0.05, 0.1) is 23.4 Å². The molecule has 1 amide bonds. The Hall–Kier alpha value is -3.16. The third-order valence-corrected chi connectivity index (χ3v) is 6.68. The maximum atomic E-state index is 13.0. The van der Waals surface area contributed by atoms with Crippen LogP contribution in [0, 0.1) is 0 Å². The number of fused-ring (bicyclic) bond motifs is 1. The Kier molecular flexibility index (Phi) is 5.21. The predicted octanol–water partition coefficient (Wildman–Crippen LogP) is 5.60. The van der Waals surface area contributed by atoms with Crippen molar-refractivity contribution in [3.05, 3.63) is 94.1 Å². The van der Waals surface area contributed by atoms with Gasteiger partial charge < -0.3 is 9.32 Å². The topological polar surface area (TPSA) is 50.8 Å². The Morgan fingerprint density at radius 2 is 1.97 bits per heavy atom. The van der Waals surface area contributed by atoms with Gasteiger partial charge in [0.15, 0.2) is 4.96 Å². The minimum Gasteiger partial charge on any atom is -0.467 e. The number of rotatable bonds is 7. The molecule has 0 N–H and O–H groups in total. The lowest BCUT2D eigenvalue weighted by molar-refractivity contribution is 0.0738. The second-order valence-electron chi connectivity index (χ2n) is 6.91. The van der Waals surface area contributed by atoms with E-state index in [1.54, 1.807) is 17.6 Å². The monoisotopic (exact) mass is 433 g/mol. The molecular weight excluding hydrogens is 414 g/mol. The van der Waals surface area contributed by atoms with Crippen LogP contribution in [0.5, 0.6) is 0 Å². The first-order valence-corrected chi connectivity index (χ1v) is 11.4. The summed E-state index contributed by atoms with van der Waals surface area (Å²) >= 11 is 3.09.